The lowest BCUT2D eigenvalue weighted by Gasteiger charge is -2.25. The van der Waals surface area contributed by atoms with Gasteiger partial charge in [0.05, 0.1) is 6.20 Å². The fourth-order valence-electron chi connectivity index (χ4n) is 3.29. The first-order chi connectivity index (χ1) is 10.7. The predicted molar refractivity (Wildman–Crippen MR) is 83.9 cm³/mol. The summed E-state index contributed by atoms with van der Waals surface area (Å²) in [7, 11) is 1.92. The number of hydrogen-bond donors (Lipinski definition) is 1. The fraction of sp³-hybridized carbons (Fsp3) is 0.294. The lowest BCUT2D eigenvalue weighted by molar-refractivity contribution is 0.0935. The number of imidazole rings is 1. The van der Waals surface area contributed by atoms with E-state index < -0.39 is 0 Å². The van der Waals surface area contributed by atoms with Crippen molar-refractivity contribution in [3.05, 3.63) is 59.5 Å². The van der Waals surface area contributed by atoms with Gasteiger partial charge in [-0.15, -0.1) is 0 Å². The highest BCUT2D eigenvalue weighted by Crippen LogP contribution is 2.21. The number of amides is 1. The van der Waals surface area contributed by atoms with E-state index in [9.17, 15) is 4.79 Å². The van der Waals surface area contributed by atoms with Crippen LogP contribution in [0.4, 0.5) is 0 Å². The van der Waals surface area contributed by atoms with Crippen molar-refractivity contribution >= 4 is 11.6 Å². The summed E-state index contributed by atoms with van der Waals surface area (Å²) in [5.74, 6) is -0.0406. The van der Waals surface area contributed by atoms with E-state index in [1.165, 1.54) is 11.1 Å². The van der Waals surface area contributed by atoms with E-state index in [4.69, 9.17) is 0 Å². The van der Waals surface area contributed by atoms with Gasteiger partial charge in [-0.2, -0.15) is 5.10 Å². The zero-order valence-corrected chi connectivity index (χ0v) is 12.5. The minimum atomic E-state index is -0.0406. The molecule has 0 fully saturated rings. The standard InChI is InChI=1S/C17H18N4O/c1-20-8-9-21-17(20)15(11-18-21)16(22)19-14-7-6-12-4-2-3-5-13(12)10-14/h2-5,8-9,11,14H,6-7,10H2,1H3,(H,19,22)/t14-/m1/s1. The van der Waals surface area contributed by atoms with Crippen LogP contribution < -0.4 is 5.32 Å². The first-order valence-corrected chi connectivity index (χ1v) is 7.58. The van der Waals surface area contributed by atoms with Crippen LogP contribution >= 0.6 is 0 Å². The molecule has 1 N–H and O–H groups in total. The van der Waals surface area contributed by atoms with Crippen molar-refractivity contribution in [3.63, 3.8) is 0 Å². The first kappa shape index (κ1) is 13.1. The van der Waals surface area contributed by atoms with Gasteiger partial charge in [-0.3, -0.25) is 4.79 Å². The number of rotatable bonds is 2. The Labute approximate surface area is 128 Å². The van der Waals surface area contributed by atoms with Crippen LogP contribution in [0.3, 0.4) is 0 Å². The van der Waals surface area contributed by atoms with Crippen LogP contribution in [0.25, 0.3) is 5.65 Å². The number of aryl methyl sites for hydroxylation is 2. The summed E-state index contributed by atoms with van der Waals surface area (Å²) in [6, 6.07) is 8.67. The zero-order chi connectivity index (χ0) is 15.1. The third-order valence-corrected chi connectivity index (χ3v) is 4.46. The molecule has 112 valence electrons. The molecular formula is C17H18N4O. The Hall–Kier alpha value is -2.56. The molecule has 2 heterocycles. The molecule has 22 heavy (non-hydrogen) atoms. The molecule has 0 aliphatic heterocycles. The maximum atomic E-state index is 12.6. The number of nitrogens with one attached hydrogen (secondary N) is 1. The van der Waals surface area contributed by atoms with Crippen LogP contribution in [-0.2, 0) is 19.9 Å². The molecule has 0 spiro atoms. The Balaban J connectivity index is 1.54. The van der Waals surface area contributed by atoms with Gasteiger partial charge >= 0.3 is 0 Å². The van der Waals surface area contributed by atoms with Crippen LogP contribution in [0, 0.1) is 0 Å². The summed E-state index contributed by atoms with van der Waals surface area (Å²) in [6.45, 7) is 0. The first-order valence-electron chi connectivity index (χ1n) is 7.58. The average Bonchev–Trinajstić information content (AvgIpc) is 3.10. The molecule has 4 rings (SSSR count). The average molecular weight is 294 g/mol. The summed E-state index contributed by atoms with van der Waals surface area (Å²) in [4.78, 5) is 12.6. The van der Waals surface area contributed by atoms with Crippen molar-refractivity contribution in [3.8, 4) is 0 Å². The molecule has 0 radical (unpaired) electrons. The number of fused-ring (bicyclic) bond motifs is 2. The molecule has 0 unspecified atom stereocenters. The van der Waals surface area contributed by atoms with Gasteiger partial charge in [0.1, 0.15) is 11.2 Å². The third-order valence-electron chi connectivity index (χ3n) is 4.46. The molecule has 0 saturated heterocycles. The highest BCUT2D eigenvalue weighted by atomic mass is 16.1. The second kappa shape index (κ2) is 5.02. The summed E-state index contributed by atoms with van der Waals surface area (Å²) in [6.07, 6.45) is 8.30. The number of hydrogen-bond acceptors (Lipinski definition) is 2. The zero-order valence-electron chi connectivity index (χ0n) is 12.5. The minimum Gasteiger partial charge on any atom is -0.349 e. The second-order valence-electron chi connectivity index (χ2n) is 5.92. The van der Waals surface area contributed by atoms with E-state index in [2.05, 4.69) is 34.7 Å². The maximum Gasteiger partial charge on any atom is 0.256 e. The number of benzene rings is 1. The summed E-state index contributed by atoms with van der Waals surface area (Å²) >= 11 is 0. The molecule has 1 atom stereocenters. The second-order valence-corrected chi connectivity index (χ2v) is 5.92. The van der Waals surface area contributed by atoms with Crippen LogP contribution in [0.5, 0.6) is 0 Å². The highest BCUT2D eigenvalue weighted by molar-refractivity contribution is 6.00. The van der Waals surface area contributed by atoms with Crippen LogP contribution in [0.1, 0.15) is 27.9 Å². The highest BCUT2D eigenvalue weighted by Gasteiger charge is 2.22. The maximum absolute atomic E-state index is 12.6. The molecule has 1 aromatic carbocycles. The third kappa shape index (κ3) is 2.09. The van der Waals surface area contributed by atoms with E-state index in [1.54, 1.807) is 10.7 Å². The van der Waals surface area contributed by atoms with Crippen molar-refractivity contribution in [2.45, 2.75) is 25.3 Å². The van der Waals surface area contributed by atoms with E-state index in [0.29, 0.717) is 5.56 Å². The molecular weight excluding hydrogens is 276 g/mol. The molecule has 0 bridgehead atoms. The summed E-state index contributed by atoms with van der Waals surface area (Å²) < 4.78 is 3.64. The molecule has 0 saturated carbocycles. The molecule has 5 nitrogen and oxygen atoms in total. The van der Waals surface area contributed by atoms with E-state index in [0.717, 1.165) is 24.9 Å². The Bertz CT molecular complexity index is 845. The summed E-state index contributed by atoms with van der Waals surface area (Å²) in [5.41, 5.74) is 4.21. The van der Waals surface area contributed by atoms with Gasteiger partial charge in [-0.1, -0.05) is 24.3 Å². The van der Waals surface area contributed by atoms with E-state index in [-0.39, 0.29) is 11.9 Å². The monoisotopic (exact) mass is 294 g/mol. The van der Waals surface area contributed by atoms with Crippen LogP contribution in [0.2, 0.25) is 0 Å². The van der Waals surface area contributed by atoms with Crippen molar-refractivity contribution in [1.29, 1.82) is 0 Å². The largest absolute Gasteiger partial charge is 0.349 e. The van der Waals surface area contributed by atoms with Gasteiger partial charge in [-0.25, -0.2) is 4.52 Å². The van der Waals surface area contributed by atoms with Gasteiger partial charge in [0, 0.05) is 25.5 Å². The Morgan fingerprint density at radius 1 is 1.27 bits per heavy atom. The van der Waals surface area contributed by atoms with Gasteiger partial charge in [0.25, 0.3) is 5.91 Å². The van der Waals surface area contributed by atoms with Gasteiger partial charge in [0.2, 0.25) is 0 Å². The topological polar surface area (TPSA) is 51.3 Å². The number of carbonyl (C=O) groups is 1. The molecule has 2 aromatic heterocycles. The lowest BCUT2D eigenvalue weighted by atomic mass is 9.88. The van der Waals surface area contributed by atoms with Crippen LogP contribution in [0.15, 0.2) is 42.9 Å². The summed E-state index contributed by atoms with van der Waals surface area (Å²) in [5, 5.41) is 7.39. The van der Waals surface area contributed by atoms with Crippen molar-refractivity contribution in [2.75, 3.05) is 0 Å². The predicted octanol–water partition coefficient (Wildman–Crippen LogP) is 1.96. The van der Waals surface area contributed by atoms with Crippen LogP contribution in [-0.4, -0.2) is 26.1 Å². The normalized spacial score (nSPS) is 17.4. The minimum absolute atomic E-state index is 0.0406. The Morgan fingerprint density at radius 3 is 2.95 bits per heavy atom. The van der Waals surface area contributed by atoms with Gasteiger partial charge in [-0.05, 0) is 30.4 Å². The Morgan fingerprint density at radius 2 is 2.09 bits per heavy atom. The smallest absolute Gasteiger partial charge is 0.256 e. The van der Waals surface area contributed by atoms with Gasteiger partial charge in [0.15, 0.2) is 0 Å². The quantitative estimate of drug-likeness (QED) is 0.785. The number of nitrogens with zero attached hydrogens (tertiary/aromatic N) is 3. The molecule has 3 aromatic rings. The van der Waals surface area contributed by atoms with Crippen molar-refractivity contribution < 1.29 is 4.79 Å². The number of carbonyl (C=O) groups excluding carboxylic acids is 1. The fourth-order valence-corrected chi connectivity index (χ4v) is 3.29. The van der Waals surface area contributed by atoms with Crippen molar-refractivity contribution in [2.24, 2.45) is 7.05 Å². The number of aromatic nitrogens is 3. The van der Waals surface area contributed by atoms with Crippen molar-refractivity contribution in [1.82, 2.24) is 19.5 Å². The lowest BCUT2D eigenvalue weighted by Crippen LogP contribution is -2.38. The Kier molecular flexibility index (Phi) is 2.99. The van der Waals surface area contributed by atoms with Gasteiger partial charge < -0.3 is 9.88 Å². The molecule has 1 aliphatic rings. The van der Waals surface area contributed by atoms with E-state index >= 15 is 0 Å². The SMILES string of the molecule is Cn1ccn2ncc(C(=O)N[C@@H]3CCc4ccccc4C3)c12. The molecule has 1 amide bonds. The molecule has 5 heteroatoms. The molecule has 1 aliphatic carbocycles. The van der Waals surface area contributed by atoms with E-state index in [1.807, 2.05) is 24.0 Å².